The van der Waals surface area contributed by atoms with Gasteiger partial charge in [-0.3, -0.25) is 4.79 Å². The molecule has 0 unspecified atom stereocenters. The van der Waals surface area contributed by atoms with Gasteiger partial charge in [0.1, 0.15) is 18.2 Å². The summed E-state index contributed by atoms with van der Waals surface area (Å²) in [5.74, 6) is 0. The molecule has 1 aromatic carbocycles. The van der Waals surface area contributed by atoms with Crippen molar-refractivity contribution in [2.45, 2.75) is 6.61 Å². The minimum Gasteiger partial charge on any atom is -0.378 e. The van der Waals surface area contributed by atoms with Crippen LogP contribution in [0.5, 0.6) is 0 Å². The third-order valence-corrected chi connectivity index (χ3v) is 4.43. The molecular weight excluding hydrogens is 360 g/mol. The average molecular weight is 374 g/mol. The Bertz CT molecular complexity index is 1340. The predicted octanol–water partition coefficient (Wildman–Crippen LogP) is 1.16. The molecule has 0 aliphatic carbocycles. The quantitative estimate of drug-likeness (QED) is 0.465. The summed E-state index contributed by atoms with van der Waals surface area (Å²) < 4.78 is 9.76. The van der Waals surface area contributed by atoms with Crippen LogP contribution in [-0.4, -0.2) is 46.5 Å². The van der Waals surface area contributed by atoms with E-state index in [-0.39, 0.29) is 11.1 Å². The van der Waals surface area contributed by atoms with Gasteiger partial charge >= 0.3 is 0 Å². The lowest BCUT2D eigenvalue weighted by molar-refractivity contribution is 0.181. The first-order chi connectivity index (χ1) is 13.8. The molecule has 4 aromatic heterocycles. The fraction of sp³-hybridized carbons (Fsp3) is 0.111. The second kappa shape index (κ2) is 6.35. The molecule has 10 nitrogen and oxygen atoms in total. The summed E-state index contributed by atoms with van der Waals surface area (Å²) in [7, 11) is 1.61. The van der Waals surface area contributed by atoms with E-state index in [1.807, 2.05) is 30.3 Å². The van der Waals surface area contributed by atoms with Gasteiger partial charge in [0.25, 0.3) is 5.56 Å². The fourth-order valence-corrected chi connectivity index (χ4v) is 3.21. The number of pyridine rings is 1. The average Bonchev–Trinajstić information content (AvgIpc) is 3.37. The number of rotatable bonds is 4. The Balaban J connectivity index is 1.82. The van der Waals surface area contributed by atoms with Crippen molar-refractivity contribution in [3.63, 3.8) is 0 Å². The standard InChI is InChI=1S/C18H14N8O2/c1-28-9-13-15(12-5-3-2-4-6-12)17-22-21-16-14(26(17)23-13)7-8-25(18(16)27)24-10-19-20-11-24/h2-8,10-11H,9H2,1H3. The number of methoxy groups -OCH3 is 1. The number of nitrogens with zero attached hydrogens (tertiary/aromatic N) is 8. The number of hydrogen-bond donors (Lipinski definition) is 0. The number of aromatic nitrogens is 8. The summed E-state index contributed by atoms with van der Waals surface area (Å²) in [6.45, 7) is 0.312. The monoisotopic (exact) mass is 374 g/mol. The topological polar surface area (TPSA) is 105 Å². The maximum atomic E-state index is 12.9. The van der Waals surface area contributed by atoms with Crippen LogP contribution in [0.4, 0.5) is 0 Å². The SMILES string of the molecule is COCc1nn2c(nnc3c(=O)n(-n4cnnc4)ccc32)c1-c1ccccc1. The van der Waals surface area contributed by atoms with E-state index in [0.29, 0.717) is 17.8 Å². The van der Waals surface area contributed by atoms with Gasteiger partial charge in [-0.2, -0.15) is 5.10 Å². The first-order valence-electron chi connectivity index (χ1n) is 8.47. The van der Waals surface area contributed by atoms with Crippen LogP contribution in [-0.2, 0) is 11.3 Å². The molecule has 10 heteroatoms. The molecule has 4 heterocycles. The van der Waals surface area contributed by atoms with Gasteiger partial charge in [-0.25, -0.2) is 13.9 Å². The van der Waals surface area contributed by atoms with Crippen LogP contribution in [0.15, 0.2) is 60.0 Å². The van der Waals surface area contributed by atoms with Gasteiger partial charge in [0, 0.05) is 13.3 Å². The number of ether oxygens (including phenoxy) is 1. The van der Waals surface area contributed by atoms with Crippen LogP contribution in [0.2, 0.25) is 0 Å². The van der Waals surface area contributed by atoms with Crippen LogP contribution >= 0.6 is 0 Å². The number of hydrogen-bond acceptors (Lipinski definition) is 7. The maximum absolute atomic E-state index is 12.9. The molecule has 0 radical (unpaired) electrons. The summed E-state index contributed by atoms with van der Waals surface area (Å²) in [5.41, 5.74) is 3.46. The third kappa shape index (κ3) is 2.39. The molecule has 0 bridgehead atoms. The number of benzene rings is 1. The summed E-state index contributed by atoms with van der Waals surface area (Å²) in [6.07, 6.45) is 4.48. The van der Waals surface area contributed by atoms with Gasteiger partial charge in [-0.1, -0.05) is 30.3 Å². The number of fused-ring (bicyclic) bond motifs is 3. The lowest BCUT2D eigenvalue weighted by Gasteiger charge is -2.06. The Kier molecular flexibility index (Phi) is 3.69. The second-order valence-corrected chi connectivity index (χ2v) is 6.10. The molecule has 0 atom stereocenters. The third-order valence-electron chi connectivity index (χ3n) is 4.43. The lowest BCUT2D eigenvalue weighted by atomic mass is 10.1. The first kappa shape index (κ1) is 16.3. The van der Waals surface area contributed by atoms with Crippen molar-refractivity contribution in [1.82, 2.24) is 39.4 Å². The highest BCUT2D eigenvalue weighted by atomic mass is 16.5. The Labute approximate surface area is 157 Å². The van der Waals surface area contributed by atoms with Gasteiger partial charge in [-0.15, -0.1) is 20.4 Å². The molecule has 0 aliphatic rings. The van der Waals surface area contributed by atoms with Crippen LogP contribution < -0.4 is 5.56 Å². The summed E-state index contributed by atoms with van der Waals surface area (Å²) in [4.78, 5) is 12.9. The van der Waals surface area contributed by atoms with Crippen molar-refractivity contribution in [3.05, 3.63) is 71.3 Å². The van der Waals surface area contributed by atoms with Gasteiger partial charge in [-0.05, 0) is 11.6 Å². The zero-order chi connectivity index (χ0) is 19.1. The fourth-order valence-electron chi connectivity index (χ4n) is 3.21. The van der Waals surface area contributed by atoms with Gasteiger partial charge in [0.05, 0.1) is 17.9 Å². The zero-order valence-electron chi connectivity index (χ0n) is 14.8. The Morgan fingerprint density at radius 2 is 1.82 bits per heavy atom. The molecule has 0 amide bonds. The Morgan fingerprint density at radius 3 is 2.57 bits per heavy atom. The van der Waals surface area contributed by atoms with Crippen molar-refractivity contribution in [1.29, 1.82) is 0 Å². The van der Waals surface area contributed by atoms with E-state index in [1.165, 1.54) is 22.0 Å². The van der Waals surface area contributed by atoms with Crippen LogP contribution in [0.25, 0.3) is 27.8 Å². The van der Waals surface area contributed by atoms with Crippen molar-refractivity contribution in [2.24, 2.45) is 0 Å². The molecule has 28 heavy (non-hydrogen) atoms. The van der Waals surface area contributed by atoms with E-state index < -0.39 is 0 Å². The van der Waals surface area contributed by atoms with E-state index >= 15 is 0 Å². The van der Waals surface area contributed by atoms with E-state index in [9.17, 15) is 4.79 Å². The summed E-state index contributed by atoms with van der Waals surface area (Å²) >= 11 is 0. The molecule has 138 valence electrons. The smallest absolute Gasteiger partial charge is 0.299 e. The van der Waals surface area contributed by atoms with Gasteiger partial charge in [0.2, 0.25) is 0 Å². The van der Waals surface area contributed by atoms with Crippen molar-refractivity contribution >= 4 is 16.7 Å². The second-order valence-electron chi connectivity index (χ2n) is 6.10. The minimum atomic E-state index is -0.350. The van der Waals surface area contributed by atoms with E-state index in [0.717, 1.165) is 16.8 Å². The molecule has 0 aliphatic heterocycles. The lowest BCUT2D eigenvalue weighted by Crippen LogP contribution is -2.26. The largest absolute Gasteiger partial charge is 0.378 e. The highest BCUT2D eigenvalue weighted by molar-refractivity contribution is 5.84. The van der Waals surface area contributed by atoms with Crippen molar-refractivity contribution < 1.29 is 4.74 Å². The molecule has 0 N–H and O–H groups in total. The molecule has 5 aromatic rings. The van der Waals surface area contributed by atoms with E-state index in [4.69, 9.17) is 4.74 Å². The highest BCUT2D eigenvalue weighted by Crippen LogP contribution is 2.28. The maximum Gasteiger partial charge on any atom is 0.299 e. The summed E-state index contributed by atoms with van der Waals surface area (Å²) in [5, 5.41) is 20.6. The Morgan fingerprint density at radius 1 is 1.04 bits per heavy atom. The van der Waals surface area contributed by atoms with Crippen molar-refractivity contribution in [2.75, 3.05) is 7.11 Å². The molecule has 5 rings (SSSR count). The molecule has 0 saturated heterocycles. The minimum absolute atomic E-state index is 0.190. The van der Waals surface area contributed by atoms with Gasteiger partial charge < -0.3 is 4.74 Å². The predicted molar refractivity (Wildman–Crippen MR) is 99.5 cm³/mol. The molecule has 0 spiro atoms. The van der Waals surface area contributed by atoms with Gasteiger partial charge in [0.15, 0.2) is 11.2 Å². The highest BCUT2D eigenvalue weighted by Gasteiger charge is 2.19. The first-order valence-corrected chi connectivity index (χ1v) is 8.47. The van der Waals surface area contributed by atoms with Crippen molar-refractivity contribution in [3.8, 4) is 11.1 Å². The van der Waals surface area contributed by atoms with Crippen LogP contribution in [0.3, 0.4) is 0 Å². The molecular formula is C18H14N8O2. The molecule has 0 fully saturated rings. The normalized spacial score (nSPS) is 11.5. The molecule has 0 saturated carbocycles. The van der Waals surface area contributed by atoms with E-state index in [2.05, 4.69) is 25.5 Å². The summed E-state index contributed by atoms with van der Waals surface area (Å²) in [6, 6.07) is 11.6. The van der Waals surface area contributed by atoms with Crippen LogP contribution in [0, 0.1) is 0 Å². The van der Waals surface area contributed by atoms with Crippen LogP contribution in [0.1, 0.15) is 5.69 Å². The van der Waals surface area contributed by atoms with E-state index in [1.54, 1.807) is 23.9 Å². The zero-order valence-corrected chi connectivity index (χ0v) is 14.8. The Hall–Kier alpha value is -3.92.